The van der Waals surface area contributed by atoms with Crippen LogP contribution in [0, 0.1) is 0 Å². The molecule has 0 saturated heterocycles. The molecular formula is C10H10O7S. The van der Waals surface area contributed by atoms with Crippen LogP contribution in [-0.4, -0.2) is 24.9 Å². The molecule has 1 aromatic carbocycles. The molecular weight excluding hydrogens is 264 g/mol. The van der Waals surface area contributed by atoms with Gasteiger partial charge in [-0.25, -0.2) is 0 Å². The summed E-state index contributed by atoms with van der Waals surface area (Å²) in [6.45, 7) is 2.21. The first-order valence-corrected chi connectivity index (χ1v) is 6.12. The third-order valence-electron chi connectivity index (χ3n) is 1.71. The molecule has 18 heavy (non-hydrogen) atoms. The third kappa shape index (κ3) is 3.82. The molecule has 1 rings (SSSR count). The van der Waals surface area contributed by atoms with Crippen LogP contribution in [0.15, 0.2) is 23.1 Å². The minimum Gasteiger partial charge on any atom is -0.427 e. The number of hydrogen-bond donors (Lipinski definition) is 1. The average molecular weight is 274 g/mol. The van der Waals surface area contributed by atoms with Crippen molar-refractivity contribution in [3.8, 4) is 11.5 Å². The zero-order valence-corrected chi connectivity index (χ0v) is 10.4. The molecule has 98 valence electrons. The number of hydrogen-bond acceptors (Lipinski definition) is 6. The minimum atomic E-state index is -4.61. The smallest absolute Gasteiger partial charge is 0.308 e. The van der Waals surface area contributed by atoms with E-state index >= 15 is 0 Å². The van der Waals surface area contributed by atoms with Crippen molar-refractivity contribution in [3.63, 3.8) is 0 Å². The highest BCUT2D eigenvalue weighted by Gasteiger charge is 2.19. The van der Waals surface area contributed by atoms with Crippen LogP contribution < -0.4 is 9.47 Å². The van der Waals surface area contributed by atoms with E-state index in [2.05, 4.69) is 9.47 Å². The van der Waals surface area contributed by atoms with Crippen LogP contribution >= 0.6 is 0 Å². The summed E-state index contributed by atoms with van der Waals surface area (Å²) in [7, 11) is -4.61. The van der Waals surface area contributed by atoms with E-state index in [1.54, 1.807) is 0 Å². The Morgan fingerprint density at radius 1 is 1.11 bits per heavy atom. The van der Waals surface area contributed by atoms with Crippen LogP contribution in [0.3, 0.4) is 0 Å². The Balaban J connectivity index is 3.29. The van der Waals surface area contributed by atoms with Crippen molar-refractivity contribution in [2.24, 2.45) is 0 Å². The summed E-state index contributed by atoms with van der Waals surface area (Å²) in [5.41, 5.74) is 0. The summed E-state index contributed by atoms with van der Waals surface area (Å²) in [5.74, 6) is -1.84. The second-order valence-electron chi connectivity index (χ2n) is 3.27. The molecule has 0 fully saturated rings. The normalized spacial score (nSPS) is 10.8. The highest BCUT2D eigenvalue weighted by atomic mass is 32.2. The quantitative estimate of drug-likeness (QED) is 0.493. The second-order valence-corrected chi connectivity index (χ2v) is 4.66. The molecule has 1 aromatic rings. The lowest BCUT2D eigenvalue weighted by Gasteiger charge is -2.08. The van der Waals surface area contributed by atoms with E-state index in [-0.39, 0.29) is 11.5 Å². The lowest BCUT2D eigenvalue weighted by molar-refractivity contribution is -0.133. The number of rotatable bonds is 3. The molecule has 0 amide bonds. The molecule has 8 heteroatoms. The summed E-state index contributed by atoms with van der Waals surface area (Å²) in [6.07, 6.45) is 0. The molecule has 0 radical (unpaired) electrons. The molecule has 0 aliphatic carbocycles. The molecule has 0 aliphatic heterocycles. The summed E-state index contributed by atoms with van der Waals surface area (Å²) < 4.78 is 40.4. The predicted molar refractivity (Wildman–Crippen MR) is 58.9 cm³/mol. The van der Waals surface area contributed by atoms with Gasteiger partial charge < -0.3 is 9.47 Å². The second kappa shape index (κ2) is 5.15. The van der Waals surface area contributed by atoms with E-state index in [1.807, 2.05) is 0 Å². The van der Waals surface area contributed by atoms with Crippen LogP contribution in [0.1, 0.15) is 13.8 Å². The Hall–Kier alpha value is -1.93. The zero-order chi connectivity index (χ0) is 13.9. The molecule has 0 saturated carbocycles. The van der Waals surface area contributed by atoms with Gasteiger partial charge in [-0.05, 0) is 12.1 Å². The van der Waals surface area contributed by atoms with E-state index in [9.17, 15) is 18.0 Å². The van der Waals surface area contributed by atoms with Gasteiger partial charge in [0.15, 0.2) is 5.75 Å². The number of esters is 2. The first-order chi connectivity index (χ1) is 8.20. The third-order valence-corrected chi connectivity index (χ3v) is 2.58. The van der Waals surface area contributed by atoms with Crippen molar-refractivity contribution < 1.29 is 32.0 Å². The van der Waals surface area contributed by atoms with Gasteiger partial charge in [0.25, 0.3) is 10.1 Å². The van der Waals surface area contributed by atoms with Crippen molar-refractivity contribution in [1.82, 2.24) is 0 Å². The predicted octanol–water partition coefficient (Wildman–Crippen LogP) is 0.784. The SMILES string of the molecule is CC(=O)Oc1ccc(OC(C)=O)c(S(=O)(=O)O)c1. The lowest BCUT2D eigenvalue weighted by atomic mass is 10.3. The molecule has 0 spiro atoms. The first kappa shape index (κ1) is 14.1. The minimum absolute atomic E-state index is 0.0916. The van der Waals surface area contributed by atoms with Crippen molar-refractivity contribution in [2.75, 3.05) is 0 Å². The van der Waals surface area contributed by atoms with Gasteiger partial charge in [0.05, 0.1) is 0 Å². The van der Waals surface area contributed by atoms with Gasteiger partial charge in [-0.15, -0.1) is 0 Å². The van der Waals surface area contributed by atoms with Gasteiger partial charge in [-0.1, -0.05) is 0 Å². The molecule has 7 nitrogen and oxygen atoms in total. The zero-order valence-electron chi connectivity index (χ0n) is 9.54. The van der Waals surface area contributed by atoms with Gasteiger partial charge in [0, 0.05) is 19.9 Å². The number of ether oxygens (including phenoxy) is 2. The lowest BCUT2D eigenvalue weighted by Crippen LogP contribution is -2.09. The van der Waals surface area contributed by atoms with Gasteiger partial charge in [0.1, 0.15) is 10.6 Å². The monoisotopic (exact) mass is 274 g/mol. The van der Waals surface area contributed by atoms with Crippen LogP contribution in [-0.2, 0) is 19.7 Å². The van der Waals surface area contributed by atoms with Gasteiger partial charge in [-0.3, -0.25) is 14.1 Å². The molecule has 0 atom stereocenters. The van der Waals surface area contributed by atoms with E-state index in [0.717, 1.165) is 26.0 Å². The standard InChI is InChI=1S/C10H10O7S/c1-6(11)16-8-3-4-9(17-7(2)12)10(5-8)18(13,14)15/h3-5H,1-2H3,(H,13,14,15). The highest BCUT2D eigenvalue weighted by Crippen LogP contribution is 2.28. The van der Waals surface area contributed by atoms with Crippen molar-refractivity contribution in [1.29, 1.82) is 0 Å². The Morgan fingerprint density at radius 2 is 1.67 bits per heavy atom. The number of carbonyl (C=O) groups excluding carboxylic acids is 2. The van der Waals surface area contributed by atoms with Crippen LogP contribution in [0.5, 0.6) is 11.5 Å². The molecule has 1 N–H and O–H groups in total. The Kier molecular flexibility index (Phi) is 4.04. The Morgan fingerprint density at radius 3 is 2.11 bits per heavy atom. The maximum atomic E-state index is 11.1. The van der Waals surface area contributed by atoms with E-state index in [1.165, 1.54) is 6.07 Å². The first-order valence-electron chi connectivity index (χ1n) is 4.68. The Labute approximate surface area is 103 Å². The molecule has 0 aromatic heterocycles. The highest BCUT2D eigenvalue weighted by molar-refractivity contribution is 7.86. The van der Waals surface area contributed by atoms with Crippen molar-refractivity contribution in [3.05, 3.63) is 18.2 Å². The van der Waals surface area contributed by atoms with Crippen LogP contribution in [0.25, 0.3) is 0 Å². The Bertz CT molecular complexity index is 588. The molecule has 0 aliphatic rings. The number of carbonyl (C=O) groups is 2. The van der Waals surface area contributed by atoms with Crippen LogP contribution in [0.4, 0.5) is 0 Å². The maximum absolute atomic E-state index is 11.1. The summed E-state index contributed by atoms with van der Waals surface area (Å²) in [6, 6.07) is 3.21. The van der Waals surface area contributed by atoms with E-state index in [0.29, 0.717) is 0 Å². The summed E-state index contributed by atoms with van der Waals surface area (Å²) >= 11 is 0. The van der Waals surface area contributed by atoms with Gasteiger partial charge in [0.2, 0.25) is 0 Å². The van der Waals surface area contributed by atoms with Gasteiger partial charge in [-0.2, -0.15) is 8.42 Å². The topological polar surface area (TPSA) is 107 Å². The fraction of sp³-hybridized carbons (Fsp3) is 0.200. The fourth-order valence-corrected chi connectivity index (χ4v) is 1.79. The maximum Gasteiger partial charge on any atom is 0.308 e. The summed E-state index contributed by atoms with van der Waals surface area (Å²) in [4.78, 5) is 20.8. The van der Waals surface area contributed by atoms with E-state index < -0.39 is 27.0 Å². The largest absolute Gasteiger partial charge is 0.427 e. The van der Waals surface area contributed by atoms with Crippen molar-refractivity contribution >= 4 is 22.1 Å². The van der Waals surface area contributed by atoms with Crippen molar-refractivity contribution in [2.45, 2.75) is 18.7 Å². The molecule has 0 unspecified atom stereocenters. The van der Waals surface area contributed by atoms with E-state index in [4.69, 9.17) is 4.55 Å². The average Bonchev–Trinajstić information content (AvgIpc) is 2.17. The summed E-state index contributed by atoms with van der Waals surface area (Å²) in [5, 5.41) is 0. The van der Waals surface area contributed by atoms with Gasteiger partial charge >= 0.3 is 11.9 Å². The fourth-order valence-electron chi connectivity index (χ4n) is 1.16. The number of benzene rings is 1. The molecule has 0 heterocycles. The van der Waals surface area contributed by atoms with Crippen LogP contribution in [0.2, 0.25) is 0 Å². The molecule has 0 bridgehead atoms.